The first-order valence-electron chi connectivity index (χ1n) is 4.93. The summed E-state index contributed by atoms with van der Waals surface area (Å²) in [5.41, 5.74) is 0.884. The van der Waals surface area contributed by atoms with Gasteiger partial charge >= 0.3 is 0 Å². The molecule has 0 saturated heterocycles. The van der Waals surface area contributed by atoms with Crippen LogP contribution in [0.1, 0.15) is 5.69 Å². The maximum absolute atomic E-state index is 8.92. The van der Waals surface area contributed by atoms with Gasteiger partial charge in [-0.05, 0) is 19.1 Å². The van der Waals surface area contributed by atoms with Crippen molar-refractivity contribution in [3.63, 3.8) is 0 Å². The lowest BCUT2D eigenvalue weighted by atomic mass is 10.4. The van der Waals surface area contributed by atoms with Gasteiger partial charge in [0.05, 0.1) is 18.9 Å². The predicted octanol–water partition coefficient (Wildman–Crippen LogP) is 0.230. The molecule has 5 nitrogen and oxygen atoms in total. The van der Waals surface area contributed by atoms with E-state index in [1.165, 1.54) is 0 Å². The Balaban J connectivity index is 2.65. The van der Waals surface area contributed by atoms with Crippen molar-refractivity contribution in [3.05, 3.63) is 17.8 Å². The maximum atomic E-state index is 8.92. The van der Waals surface area contributed by atoms with Crippen LogP contribution in [0.4, 0.5) is 5.82 Å². The topological polar surface area (TPSA) is 58.5 Å². The number of anilines is 1. The molecule has 0 aromatic carbocycles. The first kappa shape index (κ1) is 11.9. The number of rotatable bonds is 6. The smallest absolute Gasteiger partial charge is 0.151 e. The molecule has 1 rings (SSSR count). The normalized spacial score (nSPS) is 10.3. The third-order valence-electron chi connectivity index (χ3n) is 2.04. The Morgan fingerprint density at radius 2 is 2.13 bits per heavy atom. The molecule has 84 valence electrons. The number of ether oxygens (including phenoxy) is 1. The SMILES string of the molecule is COCCN(CCO)c1ccc(C)nn1. The highest BCUT2D eigenvalue weighted by Gasteiger charge is 2.06. The fourth-order valence-electron chi connectivity index (χ4n) is 1.22. The number of hydrogen-bond acceptors (Lipinski definition) is 5. The second kappa shape index (κ2) is 6.31. The molecule has 5 heteroatoms. The first-order chi connectivity index (χ1) is 7.27. The second-order valence-electron chi connectivity index (χ2n) is 3.24. The van der Waals surface area contributed by atoms with Crippen LogP contribution in [0.25, 0.3) is 0 Å². The third kappa shape index (κ3) is 3.81. The van der Waals surface area contributed by atoms with E-state index in [4.69, 9.17) is 9.84 Å². The molecule has 0 fully saturated rings. The molecular weight excluding hydrogens is 194 g/mol. The van der Waals surface area contributed by atoms with Gasteiger partial charge in [0.1, 0.15) is 0 Å². The van der Waals surface area contributed by atoms with Crippen molar-refractivity contribution in [2.75, 3.05) is 38.3 Å². The van der Waals surface area contributed by atoms with Gasteiger partial charge in [0.25, 0.3) is 0 Å². The van der Waals surface area contributed by atoms with Crippen LogP contribution in [0.15, 0.2) is 12.1 Å². The lowest BCUT2D eigenvalue weighted by Gasteiger charge is -2.21. The lowest BCUT2D eigenvalue weighted by Crippen LogP contribution is -2.31. The molecule has 0 aliphatic carbocycles. The van der Waals surface area contributed by atoms with Crippen molar-refractivity contribution in [3.8, 4) is 0 Å². The van der Waals surface area contributed by atoms with E-state index >= 15 is 0 Å². The lowest BCUT2D eigenvalue weighted by molar-refractivity contribution is 0.202. The number of methoxy groups -OCH3 is 1. The molecule has 1 N–H and O–H groups in total. The molecule has 0 bridgehead atoms. The van der Waals surface area contributed by atoms with Gasteiger partial charge in [0.15, 0.2) is 5.82 Å². The van der Waals surface area contributed by atoms with Crippen molar-refractivity contribution < 1.29 is 9.84 Å². The van der Waals surface area contributed by atoms with Crippen molar-refractivity contribution in [1.29, 1.82) is 0 Å². The van der Waals surface area contributed by atoms with Gasteiger partial charge < -0.3 is 14.7 Å². The number of hydrogen-bond donors (Lipinski definition) is 1. The van der Waals surface area contributed by atoms with Crippen LogP contribution < -0.4 is 4.90 Å². The molecule has 0 unspecified atom stereocenters. The Kier molecular flexibility index (Phi) is 5.00. The molecule has 0 spiro atoms. The summed E-state index contributed by atoms with van der Waals surface area (Å²) < 4.78 is 4.99. The highest BCUT2D eigenvalue weighted by atomic mass is 16.5. The van der Waals surface area contributed by atoms with E-state index in [1.807, 2.05) is 24.0 Å². The number of aliphatic hydroxyl groups is 1. The number of nitrogens with zero attached hydrogens (tertiary/aromatic N) is 3. The average Bonchev–Trinajstić information content (AvgIpc) is 2.25. The van der Waals surface area contributed by atoms with Gasteiger partial charge in [-0.15, -0.1) is 5.10 Å². The van der Waals surface area contributed by atoms with E-state index in [0.29, 0.717) is 19.7 Å². The van der Waals surface area contributed by atoms with Crippen LogP contribution in [0, 0.1) is 6.92 Å². The fourth-order valence-corrected chi connectivity index (χ4v) is 1.22. The zero-order valence-electron chi connectivity index (χ0n) is 9.18. The summed E-state index contributed by atoms with van der Waals surface area (Å²) in [7, 11) is 1.65. The summed E-state index contributed by atoms with van der Waals surface area (Å²) in [5.74, 6) is 0.770. The van der Waals surface area contributed by atoms with Crippen LogP contribution in [0.3, 0.4) is 0 Å². The Hall–Kier alpha value is -1.20. The van der Waals surface area contributed by atoms with E-state index in [9.17, 15) is 0 Å². The van der Waals surface area contributed by atoms with E-state index in [1.54, 1.807) is 7.11 Å². The fraction of sp³-hybridized carbons (Fsp3) is 0.600. The van der Waals surface area contributed by atoms with Crippen LogP contribution >= 0.6 is 0 Å². The standard InChI is InChI=1S/C10H17N3O2/c1-9-3-4-10(12-11-9)13(5-7-14)6-8-15-2/h3-4,14H,5-8H2,1-2H3. The maximum Gasteiger partial charge on any atom is 0.151 e. The summed E-state index contributed by atoms with van der Waals surface area (Å²) in [6.07, 6.45) is 0. The Labute approximate surface area is 89.7 Å². The number of aromatic nitrogens is 2. The molecule has 1 aromatic heterocycles. The van der Waals surface area contributed by atoms with Crippen LogP contribution in [0.2, 0.25) is 0 Å². The van der Waals surface area contributed by atoms with Gasteiger partial charge in [-0.25, -0.2) is 0 Å². The van der Waals surface area contributed by atoms with Crippen molar-refractivity contribution in [2.24, 2.45) is 0 Å². The molecule has 0 aliphatic rings. The molecule has 0 amide bonds. The summed E-state index contributed by atoms with van der Waals surface area (Å²) >= 11 is 0. The van der Waals surface area contributed by atoms with E-state index in [2.05, 4.69) is 10.2 Å². The van der Waals surface area contributed by atoms with Crippen LogP contribution in [-0.2, 0) is 4.74 Å². The van der Waals surface area contributed by atoms with Gasteiger partial charge in [-0.2, -0.15) is 5.10 Å². The minimum atomic E-state index is 0.0965. The molecule has 0 aliphatic heterocycles. The molecule has 1 heterocycles. The molecule has 0 radical (unpaired) electrons. The zero-order valence-corrected chi connectivity index (χ0v) is 9.18. The van der Waals surface area contributed by atoms with Crippen LogP contribution in [0.5, 0.6) is 0 Å². The van der Waals surface area contributed by atoms with Gasteiger partial charge in [-0.1, -0.05) is 0 Å². The molecule has 1 aromatic rings. The van der Waals surface area contributed by atoms with E-state index < -0.39 is 0 Å². The van der Waals surface area contributed by atoms with Crippen molar-refractivity contribution in [2.45, 2.75) is 6.92 Å². The van der Waals surface area contributed by atoms with Crippen LogP contribution in [-0.4, -0.2) is 48.7 Å². The minimum Gasteiger partial charge on any atom is -0.395 e. The summed E-state index contributed by atoms with van der Waals surface area (Å²) in [5, 5.41) is 17.0. The Morgan fingerprint density at radius 3 is 2.67 bits per heavy atom. The summed E-state index contributed by atoms with van der Waals surface area (Å²) in [6, 6.07) is 3.80. The second-order valence-corrected chi connectivity index (χ2v) is 3.24. The van der Waals surface area contributed by atoms with Gasteiger partial charge in [-0.3, -0.25) is 0 Å². The van der Waals surface area contributed by atoms with Crippen molar-refractivity contribution in [1.82, 2.24) is 10.2 Å². The molecule has 0 atom stereocenters. The Bertz CT molecular complexity index is 277. The highest BCUT2D eigenvalue weighted by molar-refractivity contribution is 5.37. The largest absolute Gasteiger partial charge is 0.395 e. The van der Waals surface area contributed by atoms with Crippen molar-refractivity contribution >= 4 is 5.82 Å². The van der Waals surface area contributed by atoms with E-state index in [-0.39, 0.29) is 6.61 Å². The minimum absolute atomic E-state index is 0.0965. The zero-order chi connectivity index (χ0) is 11.1. The molecule has 0 saturated carbocycles. The quantitative estimate of drug-likeness (QED) is 0.730. The number of aryl methyl sites for hydroxylation is 1. The summed E-state index contributed by atoms with van der Waals surface area (Å²) in [4.78, 5) is 1.94. The highest BCUT2D eigenvalue weighted by Crippen LogP contribution is 2.08. The molecule has 15 heavy (non-hydrogen) atoms. The third-order valence-corrected chi connectivity index (χ3v) is 2.04. The van der Waals surface area contributed by atoms with Gasteiger partial charge in [0.2, 0.25) is 0 Å². The average molecular weight is 211 g/mol. The first-order valence-corrected chi connectivity index (χ1v) is 4.93. The number of aliphatic hydroxyl groups excluding tert-OH is 1. The Morgan fingerprint density at radius 1 is 1.33 bits per heavy atom. The van der Waals surface area contributed by atoms with Gasteiger partial charge in [0, 0.05) is 20.2 Å². The van der Waals surface area contributed by atoms with E-state index in [0.717, 1.165) is 11.5 Å². The molecular formula is C10H17N3O2. The predicted molar refractivity (Wildman–Crippen MR) is 57.9 cm³/mol. The summed E-state index contributed by atoms with van der Waals surface area (Å²) in [6.45, 7) is 3.84. The monoisotopic (exact) mass is 211 g/mol.